The van der Waals surface area contributed by atoms with Crippen LogP contribution in [-0.4, -0.2) is 45.7 Å². The largest absolute Gasteiger partial charge is 0.496 e. The second kappa shape index (κ2) is 16.1. The highest BCUT2D eigenvalue weighted by molar-refractivity contribution is 7.99. The quantitative estimate of drug-likeness (QED) is 0.172. The van der Waals surface area contributed by atoms with E-state index in [0.717, 1.165) is 18.4 Å². The number of unbranched alkanes of at least 4 members (excludes halogenated alkanes) is 2. The third-order valence-corrected chi connectivity index (χ3v) is 7.34. The fourth-order valence-corrected chi connectivity index (χ4v) is 5.05. The lowest BCUT2D eigenvalue weighted by Crippen LogP contribution is -2.21. The van der Waals surface area contributed by atoms with Crippen LogP contribution >= 0.6 is 11.8 Å². The van der Waals surface area contributed by atoms with Gasteiger partial charge in [-0.2, -0.15) is 0 Å². The van der Waals surface area contributed by atoms with E-state index in [1.54, 1.807) is 12.1 Å². The van der Waals surface area contributed by atoms with Gasteiger partial charge in [-0.25, -0.2) is 4.79 Å². The van der Waals surface area contributed by atoms with Gasteiger partial charge in [-0.3, -0.25) is 4.79 Å². The molecule has 196 valence electrons. The molecule has 0 amide bonds. The second-order valence-corrected chi connectivity index (χ2v) is 10.0. The van der Waals surface area contributed by atoms with Gasteiger partial charge in [-0.1, -0.05) is 62.2 Å². The van der Waals surface area contributed by atoms with Gasteiger partial charge in [0.1, 0.15) is 5.75 Å². The lowest BCUT2D eigenvalue weighted by Gasteiger charge is -2.20. The Balaban J connectivity index is 2.05. The minimum absolute atomic E-state index is 0.0211. The first-order valence-electron chi connectivity index (χ1n) is 12.5. The van der Waals surface area contributed by atoms with Gasteiger partial charge in [0.25, 0.3) is 0 Å². The summed E-state index contributed by atoms with van der Waals surface area (Å²) in [5, 5.41) is 28.7. The normalized spacial score (nSPS) is 13.0. The zero-order valence-corrected chi connectivity index (χ0v) is 22.0. The van der Waals surface area contributed by atoms with Gasteiger partial charge in [0.2, 0.25) is 0 Å². The van der Waals surface area contributed by atoms with Gasteiger partial charge < -0.3 is 20.1 Å². The number of hydrogen-bond donors (Lipinski definition) is 3. The fraction of sp³-hybridized carbons (Fsp3) is 0.448. The van der Waals surface area contributed by atoms with E-state index < -0.39 is 18.0 Å². The van der Waals surface area contributed by atoms with Crippen LogP contribution in [-0.2, 0) is 23.4 Å². The van der Waals surface area contributed by atoms with Crippen molar-refractivity contribution in [3.8, 4) is 5.75 Å². The number of rotatable bonds is 17. The molecule has 0 aliphatic rings. The maximum atomic E-state index is 11.3. The summed E-state index contributed by atoms with van der Waals surface area (Å²) in [4.78, 5) is 22.1. The number of aryl methyl sites for hydroxylation is 1. The topological polar surface area (TPSA) is 104 Å². The summed E-state index contributed by atoms with van der Waals surface area (Å²) in [5.74, 6) is -0.885. The van der Waals surface area contributed by atoms with Crippen LogP contribution in [0.2, 0.25) is 0 Å². The van der Waals surface area contributed by atoms with E-state index in [4.69, 9.17) is 9.84 Å². The molecule has 0 bridgehead atoms. The number of carboxylic acid groups (broad SMARTS) is 2. The Labute approximate surface area is 218 Å². The summed E-state index contributed by atoms with van der Waals surface area (Å²) in [5.41, 5.74) is 3.53. The van der Waals surface area contributed by atoms with Gasteiger partial charge in [-0.05, 0) is 55.4 Å². The highest BCUT2D eigenvalue weighted by Gasteiger charge is 2.19. The van der Waals surface area contributed by atoms with Crippen molar-refractivity contribution >= 4 is 23.7 Å². The maximum Gasteiger partial charge on any atom is 0.335 e. The monoisotopic (exact) mass is 514 g/mol. The standard InChI is InChI=1S/C29H38O6S/c1-3-4-5-8-21-13-15-22(16-14-21)9-6-11-27(25(30)10-7-12-28(31)32)36-20-24-18-17-23(29(33)34)19-26(24)35-2/h6,11,13-19,25,27,30H,3-5,7-10,12,20H2,1-2H3,(H,31,32)(H,33,34)/b11-6-/t25-,27+/m0/s1. The number of carbonyl (C=O) groups is 2. The highest BCUT2D eigenvalue weighted by atomic mass is 32.2. The Kier molecular flexibility index (Phi) is 13.1. The minimum Gasteiger partial charge on any atom is -0.496 e. The van der Waals surface area contributed by atoms with Crippen molar-refractivity contribution in [3.05, 3.63) is 76.9 Å². The van der Waals surface area contributed by atoms with Crippen LogP contribution in [0.25, 0.3) is 0 Å². The number of ether oxygens (including phenoxy) is 1. The zero-order chi connectivity index (χ0) is 26.3. The van der Waals surface area contributed by atoms with E-state index in [9.17, 15) is 19.8 Å². The molecule has 0 fully saturated rings. The summed E-state index contributed by atoms with van der Waals surface area (Å²) in [6.07, 6.45) is 9.65. The highest BCUT2D eigenvalue weighted by Crippen LogP contribution is 2.29. The number of methoxy groups -OCH3 is 1. The zero-order valence-electron chi connectivity index (χ0n) is 21.2. The van der Waals surface area contributed by atoms with Crippen molar-refractivity contribution in [2.24, 2.45) is 0 Å². The molecule has 2 rings (SSSR count). The molecule has 2 atom stereocenters. The number of allylic oxidation sites excluding steroid dienone is 1. The van der Waals surface area contributed by atoms with Crippen LogP contribution < -0.4 is 4.74 Å². The number of thioether (sulfide) groups is 1. The molecule has 2 aromatic rings. The van der Waals surface area contributed by atoms with Gasteiger partial charge in [0.05, 0.1) is 18.8 Å². The van der Waals surface area contributed by atoms with E-state index in [2.05, 4.69) is 37.3 Å². The van der Waals surface area contributed by atoms with Crippen LogP contribution in [0.1, 0.15) is 72.5 Å². The first kappa shape index (κ1) is 29.5. The van der Waals surface area contributed by atoms with Crippen molar-refractivity contribution in [3.63, 3.8) is 0 Å². The van der Waals surface area contributed by atoms with Crippen LogP contribution in [0.15, 0.2) is 54.6 Å². The molecule has 36 heavy (non-hydrogen) atoms. The molecular formula is C29H38O6S. The van der Waals surface area contributed by atoms with E-state index >= 15 is 0 Å². The van der Waals surface area contributed by atoms with Crippen LogP contribution in [0, 0.1) is 0 Å². The van der Waals surface area contributed by atoms with Gasteiger partial charge in [0.15, 0.2) is 0 Å². The number of carboxylic acids is 2. The van der Waals surface area contributed by atoms with Crippen molar-refractivity contribution in [2.45, 2.75) is 75.4 Å². The number of aliphatic hydroxyl groups excluding tert-OH is 1. The predicted molar refractivity (Wildman–Crippen MR) is 145 cm³/mol. The molecule has 0 heterocycles. The number of aromatic carboxylic acids is 1. The van der Waals surface area contributed by atoms with Gasteiger partial charge in [0, 0.05) is 23.0 Å². The van der Waals surface area contributed by atoms with E-state index in [-0.39, 0.29) is 17.2 Å². The molecule has 0 radical (unpaired) electrons. The Hall–Kier alpha value is -2.77. The van der Waals surface area contributed by atoms with Crippen molar-refractivity contribution in [1.82, 2.24) is 0 Å². The van der Waals surface area contributed by atoms with Crippen molar-refractivity contribution in [2.75, 3.05) is 7.11 Å². The van der Waals surface area contributed by atoms with Crippen LogP contribution in [0.3, 0.4) is 0 Å². The number of aliphatic carboxylic acids is 1. The number of aliphatic hydroxyl groups is 1. The molecule has 0 spiro atoms. The lowest BCUT2D eigenvalue weighted by molar-refractivity contribution is -0.137. The third kappa shape index (κ3) is 10.5. The number of hydrogen-bond acceptors (Lipinski definition) is 5. The maximum absolute atomic E-state index is 11.3. The van der Waals surface area contributed by atoms with E-state index in [0.29, 0.717) is 24.3 Å². The van der Waals surface area contributed by atoms with Gasteiger partial charge >= 0.3 is 11.9 Å². The molecule has 6 nitrogen and oxygen atoms in total. The smallest absolute Gasteiger partial charge is 0.335 e. The summed E-state index contributed by atoms with van der Waals surface area (Å²) >= 11 is 1.52. The minimum atomic E-state index is -1.02. The Morgan fingerprint density at radius 1 is 1.03 bits per heavy atom. The summed E-state index contributed by atoms with van der Waals surface area (Å²) < 4.78 is 5.38. The summed E-state index contributed by atoms with van der Waals surface area (Å²) in [6.45, 7) is 2.20. The molecule has 2 aromatic carbocycles. The molecule has 0 aliphatic carbocycles. The van der Waals surface area contributed by atoms with Crippen LogP contribution in [0.4, 0.5) is 0 Å². The van der Waals surface area contributed by atoms with Crippen LogP contribution in [0.5, 0.6) is 5.75 Å². The van der Waals surface area contributed by atoms with Crippen molar-refractivity contribution in [1.29, 1.82) is 0 Å². The first-order chi connectivity index (χ1) is 17.3. The van der Waals surface area contributed by atoms with Crippen molar-refractivity contribution < 1.29 is 29.6 Å². The number of benzene rings is 2. The fourth-order valence-electron chi connectivity index (χ4n) is 3.86. The average molecular weight is 515 g/mol. The predicted octanol–water partition coefficient (Wildman–Crippen LogP) is 6.14. The summed E-state index contributed by atoms with van der Waals surface area (Å²) in [6, 6.07) is 13.4. The SMILES string of the molecule is CCCCCc1ccc(C/C=C\[C@@H](SCc2ccc(C(=O)O)cc2OC)[C@@H](O)CCCC(=O)O)cc1. The first-order valence-corrected chi connectivity index (χ1v) is 13.5. The molecule has 0 saturated heterocycles. The van der Waals surface area contributed by atoms with Gasteiger partial charge in [-0.15, -0.1) is 11.8 Å². The molecule has 0 aromatic heterocycles. The molecule has 0 aliphatic heterocycles. The Bertz CT molecular complexity index is 986. The van der Waals surface area contributed by atoms with E-state index in [1.165, 1.54) is 55.3 Å². The Morgan fingerprint density at radius 3 is 2.39 bits per heavy atom. The Morgan fingerprint density at radius 2 is 1.75 bits per heavy atom. The molecule has 0 unspecified atom stereocenters. The second-order valence-electron chi connectivity index (χ2n) is 8.87. The molecule has 3 N–H and O–H groups in total. The molecule has 7 heteroatoms. The molecular weight excluding hydrogens is 476 g/mol. The molecule has 0 saturated carbocycles. The average Bonchev–Trinajstić information content (AvgIpc) is 2.86. The lowest BCUT2D eigenvalue weighted by atomic mass is 10.0. The van der Waals surface area contributed by atoms with E-state index in [1.807, 2.05) is 6.08 Å². The summed E-state index contributed by atoms with van der Waals surface area (Å²) in [7, 11) is 1.50. The third-order valence-electron chi connectivity index (χ3n) is 6.01.